The highest BCUT2D eigenvalue weighted by Gasteiger charge is 2.32. The minimum absolute atomic E-state index is 0.0212. The van der Waals surface area contributed by atoms with E-state index in [2.05, 4.69) is 0 Å². The Bertz CT molecular complexity index is 353. The van der Waals surface area contributed by atoms with Crippen molar-refractivity contribution in [2.75, 3.05) is 24.6 Å². The first kappa shape index (κ1) is 13.4. The van der Waals surface area contributed by atoms with Gasteiger partial charge in [-0.15, -0.1) is 0 Å². The van der Waals surface area contributed by atoms with Gasteiger partial charge in [-0.2, -0.15) is 0 Å². The highest BCUT2D eigenvalue weighted by molar-refractivity contribution is 7.91. The topological polar surface area (TPSA) is 80.5 Å². The van der Waals surface area contributed by atoms with Crippen LogP contribution in [0.4, 0.5) is 0 Å². The highest BCUT2D eigenvalue weighted by Crippen LogP contribution is 2.16. The lowest BCUT2D eigenvalue weighted by Crippen LogP contribution is -2.51. The van der Waals surface area contributed by atoms with E-state index in [4.69, 9.17) is 5.73 Å². The van der Waals surface area contributed by atoms with Crippen LogP contribution in [-0.2, 0) is 14.6 Å². The van der Waals surface area contributed by atoms with Gasteiger partial charge in [0.15, 0.2) is 9.84 Å². The standard InChI is InChI=1S/C10H20N2O3S/c1-8(3-4-11)10(13)12-5-6-16(14,15)7-9(12)2/h8-9H,3-7,11H2,1-2H3. The van der Waals surface area contributed by atoms with Crippen LogP contribution in [0.5, 0.6) is 0 Å². The van der Waals surface area contributed by atoms with Crippen molar-refractivity contribution in [2.45, 2.75) is 26.3 Å². The van der Waals surface area contributed by atoms with Crippen LogP contribution in [0.15, 0.2) is 0 Å². The smallest absolute Gasteiger partial charge is 0.225 e. The first-order valence-corrected chi connectivity index (χ1v) is 7.40. The zero-order valence-corrected chi connectivity index (χ0v) is 10.7. The van der Waals surface area contributed by atoms with E-state index >= 15 is 0 Å². The van der Waals surface area contributed by atoms with E-state index in [1.807, 2.05) is 6.92 Å². The van der Waals surface area contributed by atoms with Crippen molar-refractivity contribution in [3.8, 4) is 0 Å². The van der Waals surface area contributed by atoms with Crippen LogP contribution in [0.1, 0.15) is 20.3 Å². The molecule has 1 aliphatic rings. The molecule has 16 heavy (non-hydrogen) atoms. The molecule has 1 amide bonds. The molecule has 1 aliphatic heterocycles. The second-order valence-corrected chi connectivity index (χ2v) is 6.70. The van der Waals surface area contributed by atoms with Crippen molar-refractivity contribution in [1.29, 1.82) is 0 Å². The molecule has 0 aliphatic carbocycles. The molecular weight excluding hydrogens is 228 g/mol. The number of hydrogen-bond acceptors (Lipinski definition) is 4. The highest BCUT2D eigenvalue weighted by atomic mass is 32.2. The van der Waals surface area contributed by atoms with Gasteiger partial charge in [0.1, 0.15) is 0 Å². The molecule has 0 bridgehead atoms. The van der Waals surface area contributed by atoms with Crippen LogP contribution in [-0.4, -0.2) is 49.9 Å². The van der Waals surface area contributed by atoms with Crippen molar-refractivity contribution < 1.29 is 13.2 Å². The van der Waals surface area contributed by atoms with Crippen molar-refractivity contribution in [1.82, 2.24) is 4.90 Å². The van der Waals surface area contributed by atoms with E-state index in [-0.39, 0.29) is 29.4 Å². The Hall–Kier alpha value is -0.620. The van der Waals surface area contributed by atoms with E-state index in [1.165, 1.54) is 0 Å². The predicted molar refractivity (Wildman–Crippen MR) is 62.7 cm³/mol. The lowest BCUT2D eigenvalue weighted by atomic mass is 10.1. The molecule has 1 rings (SSSR count). The molecule has 0 aromatic rings. The van der Waals surface area contributed by atoms with Gasteiger partial charge < -0.3 is 10.6 Å². The Morgan fingerprint density at radius 2 is 2.19 bits per heavy atom. The summed E-state index contributed by atoms with van der Waals surface area (Å²) in [7, 11) is -2.95. The van der Waals surface area contributed by atoms with Gasteiger partial charge in [-0.25, -0.2) is 8.42 Å². The first-order chi connectivity index (χ1) is 7.37. The van der Waals surface area contributed by atoms with Crippen LogP contribution in [0, 0.1) is 5.92 Å². The van der Waals surface area contributed by atoms with Crippen LogP contribution in [0.3, 0.4) is 0 Å². The summed E-state index contributed by atoms with van der Waals surface area (Å²) in [5, 5.41) is 0. The van der Waals surface area contributed by atoms with Crippen molar-refractivity contribution in [3.63, 3.8) is 0 Å². The molecule has 94 valence electrons. The Labute approximate surface area is 96.9 Å². The zero-order valence-electron chi connectivity index (χ0n) is 9.85. The number of nitrogens with two attached hydrogens (primary N) is 1. The summed E-state index contributed by atoms with van der Waals surface area (Å²) in [5.74, 6) is 0.0630. The third-order valence-corrected chi connectivity index (χ3v) is 4.77. The first-order valence-electron chi connectivity index (χ1n) is 5.58. The normalized spacial score (nSPS) is 26.4. The number of sulfone groups is 1. The van der Waals surface area contributed by atoms with Gasteiger partial charge in [0.25, 0.3) is 0 Å². The minimum Gasteiger partial charge on any atom is -0.338 e. The summed E-state index contributed by atoms with van der Waals surface area (Å²) in [5.41, 5.74) is 5.41. The molecule has 0 spiro atoms. The fourth-order valence-electron chi connectivity index (χ4n) is 1.98. The Balaban J connectivity index is 2.65. The van der Waals surface area contributed by atoms with Gasteiger partial charge in [0, 0.05) is 18.5 Å². The number of nitrogens with zero attached hydrogens (tertiary/aromatic N) is 1. The average Bonchev–Trinajstić information content (AvgIpc) is 2.16. The SMILES string of the molecule is CC(CCN)C(=O)N1CCS(=O)(=O)CC1C. The van der Waals surface area contributed by atoms with E-state index in [0.29, 0.717) is 19.5 Å². The Kier molecular flexibility index (Phi) is 4.32. The quantitative estimate of drug-likeness (QED) is 0.738. The number of carbonyl (C=O) groups is 1. The van der Waals surface area contributed by atoms with Gasteiger partial charge in [-0.3, -0.25) is 4.79 Å². The zero-order chi connectivity index (χ0) is 12.3. The maximum absolute atomic E-state index is 12.0. The Morgan fingerprint density at radius 3 is 2.69 bits per heavy atom. The fraction of sp³-hybridized carbons (Fsp3) is 0.900. The van der Waals surface area contributed by atoms with E-state index in [9.17, 15) is 13.2 Å². The molecule has 0 aromatic carbocycles. The minimum atomic E-state index is -2.95. The van der Waals surface area contributed by atoms with Gasteiger partial charge in [0.2, 0.25) is 5.91 Å². The second kappa shape index (κ2) is 5.14. The van der Waals surface area contributed by atoms with Gasteiger partial charge in [-0.05, 0) is 19.9 Å². The summed E-state index contributed by atoms with van der Waals surface area (Å²) in [6.45, 7) is 4.42. The maximum Gasteiger partial charge on any atom is 0.225 e. The number of hydrogen-bond donors (Lipinski definition) is 1. The lowest BCUT2D eigenvalue weighted by Gasteiger charge is -2.34. The van der Waals surface area contributed by atoms with Crippen molar-refractivity contribution >= 4 is 15.7 Å². The molecule has 2 atom stereocenters. The molecule has 2 unspecified atom stereocenters. The largest absolute Gasteiger partial charge is 0.338 e. The van der Waals surface area contributed by atoms with Crippen LogP contribution in [0.25, 0.3) is 0 Å². The predicted octanol–water partition coefficient (Wildman–Crippen LogP) is -0.383. The van der Waals surface area contributed by atoms with Gasteiger partial charge in [-0.1, -0.05) is 6.92 Å². The van der Waals surface area contributed by atoms with Crippen LogP contribution >= 0.6 is 0 Å². The van der Waals surface area contributed by atoms with Crippen LogP contribution < -0.4 is 5.73 Å². The van der Waals surface area contributed by atoms with Gasteiger partial charge >= 0.3 is 0 Å². The van der Waals surface area contributed by atoms with Crippen LogP contribution in [0.2, 0.25) is 0 Å². The number of rotatable bonds is 3. The second-order valence-electron chi connectivity index (χ2n) is 4.47. The third-order valence-electron chi connectivity index (χ3n) is 2.97. The summed E-state index contributed by atoms with van der Waals surface area (Å²) in [6.07, 6.45) is 0.648. The van der Waals surface area contributed by atoms with E-state index < -0.39 is 9.84 Å². The molecule has 2 N–H and O–H groups in total. The average molecular weight is 248 g/mol. The molecular formula is C10H20N2O3S. The third kappa shape index (κ3) is 3.18. The molecule has 6 heteroatoms. The molecule has 5 nitrogen and oxygen atoms in total. The molecule has 1 fully saturated rings. The van der Waals surface area contributed by atoms with E-state index in [0.717, 1.165) is 0 Å². The summed E-state index contributed by atoms with van der Waals surface area (Å²) < 4.78 is 22.7. The maximum atomic E-state index is 12.0. The molecule has 1 saturated heterocycles. The fourth-order valence-corrected chi connectivity index (χ4v) is 3.54. The van der Waals surface area contributed by atoms with Crippen molar-refractivity contribution in [3.05, 3.63) is 0 Å². The monoisotopic (exact) mass is 248 g/mol. The van der Waals surface area contributed by atoms with Crippen molar-refractivity contribution in [2.24, 2.45) is 11.7 Å². The summed E-state index contributed by atoms with van der Waals surface area (Å²) in [4.78, 5) is 13.7. The molecule has 0 aromatic heterocycles. The number of amides is 1. The molecule has 1 heterocycles. The summed E-state index contributed by atoms with van der Waals surface area (Å²) in [6, 6.07) is -0.216. The molecule has 0 saturated carbocycles. The summed E-state index contributed by atoms with van der Waals surface area (Å²) >= 11 is 0. The number of carbonyl (C=O) groups excluding carboxylic acids is 1. The Morgan fingerprint density at radius 1 is 1.56 bits per heavy atom. The van der Waals surface area contributed by atoms with Gasteiger partial charge in [0.05, 0.1) is 11.5 Å². The lowest BCUT2D eigenvalue weighted by molar-refractivity contribution is -0.136. The molecule has 0 radical (unpaired) electrons. The van der Waals surface area contributed by atoms with E-state index in [1.54, 1.807) is 11.8 Å².